The summed E-state index contributed by atoms with van der Waals surface area (Å²) in [6.45, 7) is 7.77. The Bertz CT molecular complexity index is 1520. The highest BCUT2D eigenvalue weighted by Gasteiger charge is 2.30. The zero-order valence-electron chi connectivity index (χ0n) is 20.3. The first-order chi connectivity index (χ1) is 16.9. The Morgan fingerprint density at radius 2 is 1.94 bits per heavy atom. The summed E-state index contributed by atoms with van der Waals surface area (Å²) < 4.78 is 10.8. The van der Waals surface area contributed by atoms with Crippen molar-refractivity contribution in [2.24, 2.45) is 0 Å². The van der Waals surface area contributed by atoms with Gasteiger partial charge in [0.25, 0.3) is 5.91 Å². The van der Waals surface area contributed by atoms with Gasteiger partial charge in [-0.05, 0) is 55.7 Å². The average molecular weight is 527 g/mol. The Morgan fingerprint density at radius 3 is 2.69 bits per heavy atom. The molecule has 1 aliphatic rings. The maximum Gasteiger partial charge on any atom is 0.349 e. The van der Waals surface area contributed by atoms with Crippen LogP contribution in [-0.2, 0) is 17.7 Å². The van der Waals surface area contributed by atoms with Gasteiger partial charge in [0.2, 0.25) is 0 Å². The summed E-state index contributed by atoms with van der Waals surface area (Å²) >= 11 is 1.37. The van der Waals surface area contributed by atoms with Crippen molar-refractivity contribution in [3.8, 4) is 0 Å². The van der Waals surface area contributed by atoms with Crippen LogP contribution < -0.4 is 10.9 Å². The molecule has 3 heterocycles. The fourth-order valence-electron chi connectivity index (χ4n) is 4.57. The molecule has 0 unspecified atom stereocenters. The lowest BCUT2D eigenvalue weighted by atomic mass is 10.0. The molecule has 9 heteroatoms. The zero-order chi connectivity index (χ0) is 24.7. The van der Waals surface area contributed by atoms with E-state index in [9.17, 15) is 14.4 Å². The number of ether oxygens (including phenoxy) is 1. The number of carbonyl (C=O) groups is 2. The monoisotopic (exact) mass is 526 g/mol. The quantitative estimate of drug-likeness (QED) is 0.206. The minimum absolute atomic E-state index is 0. The predicted molar refractivity (Wildman–Crippen MR) is 145 cm³/mol. The third kappa shape index (κ3) is 4.64. The van der Waals surface area contributed by atoms with Crippen molar-refractivity contribution in [1.29, 1.82) is 0 Å². The van der Waals surface area contributed by atoms with E-state index in [-0.39, 0.29) is 24.6 Å². The Morgan fingerprint density at radius 1 is 1.17 bits per heavy atom. The van der Waals surface area contributed by atoms with Gasteiger partial charge in [0, 0.05) is 29.4 Å². The molecule has 2 aromatic heterocycles. The van der Waals surface area contributed by atoms with Crippen molar-refractivity contribution in [3.05, 3.63) is 74.5 Å². The van der Waals surface area contributed by atoms with E-state index in [1.165, 1.54) is 11.3 Å². The van der Waals surface area contributed by atoms with E-state index >= 15 is 0 Å². The number of amides is 1. The van der Waals surface area contributed by atoms with Crippen LogP contribution in [0.15, 0.2) is 51.7 Å². The molecule has 0 spiro atoms. The number of esters is 1. The topological polar surface area (TPSA) is 88.8 Å². The second kappa shape index (κ2) is 10.4. The minimum atomic E-state index is -0.727. The molecule has 1 aliphatic heterocycles. The number of nitrogens with zero attached hydrogens (tertiary/aromatic N) is 1. The third-order valence-electron chi connectivity index (χ3n) is 6.41. The van der Waals surface area contributed by atoms with Crippen LogP contribution in [-0.4, -0.2) is 36.0 Å². The van der Waals surface area contributed by atoms with Crippen molar-refractivity contribution >= 4 is 62.4 Å². The summed E-state index contributed by atoms with van der Waals surface area (Å²) in [5, 5.41) is 5.76. The molecule has 0 radical (unpaired) electrons. The number of fused-ring (bicyclic) bond motifs is 4. The second-order valence-electron chi connectivity index (χ2n) is 8.84. The van der Waals surface area contributed by atoms with E-state index in [0.29, 0.717) is 40.5 Å². The highest BCUT2D eigenvalue weighted by Crippen LogP contribution is 2.38. The largest absolute Gasteiger partial charge is 0.462 e. The molecule has 2 aromatic carbocycles. The first kappa shape index (κ1) is 25.9. The molecular weight excluding hydrogens is 500 g/mol. The molecular formula is C27H27ClN2O5S. The fraction of sp³-hybridized carbons (Fsp3) is 0.296. The Hall–Kier alpha value is -3.20. The number of hydrogen-bond acceptors (Lipinski definition) is 7. The third-order valence-corrected chi connectivity index (χ3v) is 7.54. The molecule has 0 aliphatic carbocycles. The van der Waals surface area contributed by atoms with Crippen molar-refractivity contribution in [3.63, 3.8) is 0 Å². The number of rotatable bonds is 5. The molecule has 188 valence electrons. The number of halogens is 1. The maximum atomic E-state index is 13.3. The molecule has 5 rings (SSSR count). The lowest BCUT2D eigenvalue weighted by Crippen LogP contribution is -2.35. The smallest absolute Gasteiger partial charge is 0.349 e. The SMILES string of the molecule is CCOC(=O)c1c(NC(=O)c2cc3c(ccc4ccccc43)oc2=O)sc2c1CCN(C(C)C)C2.Cl. The van der Waals surface area contributed by atoms with Crippen molar-refractivity contribution < 1.29 is 18.7 Å². The molecule has 0 bridgehead atoms. The van der Waals surface area contributed by atoms with Crippen LogP contribution in [0.1, 0.15) is 51.9 Å². The van der Waals surface area contributed by atoms with E-state index in [2.05, 4.69) is 24.1 Å². The molecule has 1 amide bonds. The first-order valence-corrected chi connectivity index (χ1v) is 12.5. The van der Waals surface area contributed by atoms with Gasteiger partial charge in [0.15, 0.2) is 0 Å². The van der Waals surface area contributed by atoms with Crippen LogP contribution in [0.4, 0.5) is 5.00 Å². The minimum Gasteiger partial charge on any atom is -0.462 e. The first-order valence-electron chi connectivity index (χ1n) is 11.7. The Balaban J connectivity index is 0.00000304. The van der Waals surface area contributed by atoms with Gasteiger partial charge in [-0.25, -0.2) is 9.59 Å². The second-order valence-corrected chi connectivity index (χ2v) is 9.95. The molecule has 0 saturated carbocycles. The molecule has 36 heavy (non-hydrogen) atoms. The average Bonchev–Trinajstić information content (AvgIpc) is 3.20. The van der Waals surface area contributed by atoms with E-state index in [1.807, 2.05) is 30.3 Å². The summed E-state index contributed by atoms with van der Waals surface area (Å²) in [5.41, 5.74) is 0.878. The van der Waals surface area contributed by atoms with E-state index in [0.717, 1.165) is 27.8 Å². The van der Waals surface area contributed by atoms with Gasteiger partial charge in [0.05, 0.1) is 12.2 Å². The Labute approximate surface area is 218 Å². The van der Waals surface area contributed by atoms with E-state index in [1.54, 1.807) is 19.1 Å². The number of nitrogens with one attached hydrogen (secondary N) is 1. The molecule has 0 atom stereocenters. The molecule has 7 nitrogen and oxygen atoms in total. The molecule has 4 aromatic rings. The van der Waals surface area contributed by atoms with Gasteiger partial charge in [-0.1, -0.05) is 30.3 Å². The maximum absolute atomic E-state index is 13.3. The highest BCUT2D eigenvalue weighted by molar-refractivity contribution is 7.17. The van der Waals surface area contributed by atoms with Crippen LogP contribution in [0.2, 0.25) is 0 Å². The lowest BCUT2D eigenvalue weighted by Gasteiger charge is -2.30. The van der Waals surface area contributed by atoms with Gasteiger partial charge >= 0.3 is 11.6 Å². The summed E-state index contributed by atoms with van der Waals surface area (Å²) in [6.07, 6.45) is 0.693. The number of hydrogen-bond donors (Lipinski definition) is 1. The molecule has 1 N–H and O–H groups in total. The van der Waals surface area contributed by atoms with E-state index in [4.69, 9.17) is 9.15 Å². The van der Waals surface area contributed by atoms with Gasteiger partial charge < -0.3 is 14.5 Å². The lowest BCUT2D eigenvalue weighted by molar-refractivity contribution is 0.0526. The van der Waals surface area contributed by atoms with Crippen LogP contribution >= 0.6 is 23.7 Å². The number of thiophene rings is 1. The molecule has 0 saturated heterocycles. The van der Waals surface area contributed by atoms with Gasteiger partial charge in [-0.15, -0.1) is 23.7 Å². The standard InChI is InChI=1S/C27H26N2O5S.ClH/c1-4-33-27(32)23-18-11-12-29(15(2)3)14-22(18)35-25(23)28-24(30)20-13-19-17-8-6-5-7-16(17)9-10-21(19)34-26(20)31;/h5-10,13,15H,4,11-12,14H2,1-3H3,(H,28,30);1H. The molecule has 0 fully saturated rings. The van der Waals surface area contributed by atoms with Crippen molar-refractivity contribution in [1.82, 2.24) is 4.90 Å². The van der Waals surface area contributed by atoms with Crippen LogP contribution in [0.25, 0.3) is 21.7 Å². The van der Waals surface area contributed by atoms with Gasteiger partial charge in [0.1, 0.15) is 16.1 Å². The summed E-state index contributed by atoms with van der Waals surface area (Å²) in [4.78, 5) is 42.2. The summed E-state index contributed by atoms with van der Waals surface area (Å²) in [6, 6.07) is 13.2. The van der Waals surface area contributed by atoms with Gasteiger partial charge in [-0.2, -0.15) is 0 Å². The summed E-state index contributed by atoms with van der Waals surface area (Å²) in [7, 11) is 0. The van der Waals surface area contributed by atoms with E-state index < -0.39 is 17.5 Å². The summed E-state index contributed by atoms with van der Waals surface area (Å²) in [5.74, 6) is -1.08. The Kier molecular flexibility index (Phi) is 7.49. The van der Waals surface area contributed by atoms with Crippen molar-refractivity contribution in [2.75, 3.05) is 18.5 Å². The normalized spacial score (nSPS) is 13.4. The number of benzene rings is 2. The number of anilines is 1. The fourth-order valence-corrected chi connectivity index (χ4v) is 5.83. The predicted octanol–water partition coefficient (Wildman–Crippen LogP) is 5.63. The van der Waals surface area contributed by atoms with Crippen LogP contribution in [0, 0.1) is 0 Å². The van der Waals surface area contributed by atoms with Gasteiger partial charge in [-0.3, -0.25) is 9.69 Å². The number of carbonyl (C=O) groups excluding carboxylic acids is 2. The van der Waals surface area contributed by atoms with Crippen molar-refractivity contribution in [2.45, 2.75) is 39.8 Å². The zero-order valence-corrected chi connectivity index (χ0v) is 21.9. The van der Waals surface area contributed by atoms with Crippen LogP contribution in [0.3, 0.4) is 0 Å². The highest BCUT2D eigenvalue weighted by atomic mass is 35.5. The van der Waals surface area contributed by atoms with Crippen LogP contribution in [0.5, 0.6) is 0 Å².